The lowest BCUT2D eigenvalue weighted by molar-refractivity contribution is -0.117. The van der Waals surface area contributed by atoms with Crippen molar-refractivity contribution in [3.63, 3.8) is 0 Å². The molecule has 1 aliphatic heterocycles. The minimum absolute atomic E-state index is 0.0540. The Balaban J connectivity index is 2.43. The number of carbonyl (C=O) groups excluding carboxylic acids is 1. The fourth-order valence-corrected chi connectivity index (χ4v) is 2.15. The Kier molecular flexibility index (Phi) is 2.73. The van der Waals surface area contributed by atoms with Gasteiger partial charge >= 0.3 is 0 Å². The third-order valence-corrected chi connectivity index (χ3v) is 2.99. The largest absolute Gasteiger partial charge is 0.311 e. The second-order valence-corrected chi connectivity index (χ2v) is 4.22. The molecular weight excluding hydrogens is 268 g/mol. The quantitative estimate of drug-likeness (QED) is 0.722. The van der Waals surface area contributed by atoms with Crippen LogP contribution in [0.3, 0.4) is 0 Å². The van der Waals surface area contributed by atoms with E-state index in [9.17, 15) is 13.6 Å². The molecule has 15 heavy (non-hydrogen) atoms. The van der Waals surface area contributed by atoms with Gasteiger partial charge in [0.25, 0.3) is 0 Å². The second kappa shape index (κ2) is 3.89. The summed E-state index contributed by atoms with van der Waals surface area (Å²) in [5.41, 5.74) is 0.399. The van der Waals surface area contributed by atoms with E-state index in [1.807, 2.05) is 0 Å². The van der Waals surface area contributed by atoms with Gasteiger partial charge in [0, 0.05) is 23.5 Å². The summed E-state index contributed by atoms with van der Waals surface area (Å²) in [6, 6.07) is 2.08. The van der Waals surface area contributed by atoms with Crippen LogP contribution in [0.1, 0.15) is 12.8 Å². The van der Waals surface area contributed by atoms with Crippen molar-refractivity contribution in [1.29, 1.82) is 0 Å². The molecule has 0 aliphatic carbocycles. The molecule has 5 heteroatoms. The molecule has 1 aromatic carbocycles. The molecule has 1 amide bonds. The third-order valence-electron chi connectivity index (χ3n) is 2.35. The molecule has 1 aromatic rings. The summed E-state index contributed by atoms with van der Waals surface area (Å²) in [5.74, 6) is -1.91. The molecule has 0 N–H and O–H groups in total. The number of nitrogens with zero attached hydrogens (tertiary/aromatic N) is 1. The maximum absolute atomic E-state index is 13.0. The van der Waals surface area contributed by atoms with Crippen LogP contribution in [0.2, 0.25) is 0 Å². The summed E-state index contributed by atoms with van der Waals surface area (Å²) in [5, 5.41) is 0. The number of hydrogen-bond acceptors (Lipinski definition) is 1. The van der Waals surface area contributed by atoms with Gasteiger partial charge in [-0.25, -0.2) is 8.78 Å². The van der Waals surface area contributed by atoms with E-state index in [1.54, 1.807) is 0 Å². The SMILES string of the molecule is O=C1CCCN1c1cc(F)c(F)cc1Br. The Hall–Kier alpha value is -0.970. The lowest BCUT2D eigenvalue weighted by Crippen LogP contribution is -2.24. The van der Waals surface area contributed by atoms with Crippen LogP contribution in [0.5, 0.6) is 0 Å². The maximum Gasteiger partial charge on any atom is 0.227 e. The summed E-state index contributed by atoms with van der Waals surface area (Å²) < 4.78 is 26.2. The molecule has 0 atom stereocenters. The van der Waals surface area contributed by atoms with Crippen LogP contribution in [-0.2, 0) is 4.79 Å². The van der Waals surface area contributed by atoms with Crippen molar-refractivity contribution in [3.05, 3.63) is 28.2 Å². The Morgan fingerprint density at radius 1 is 1.27 bits per heavy atom. The molecule has 1 saturated heterocycles. The van der Waals surface area contributed by atoms with Gasteiger partial charge in [0.2, 0.25) is 5.91 Å². The zero-order valence-corrected chi connectivity index (χ0v) is 9.35. The van der Waals surface area contributed by atoms with Crippen molar-refractivity contribution in [2.45, 2.75) is 12.8 Å². The van der Waals surface area contributed by atoms with Crippen molar-refractivity contribution < 1.29 is 13.6 Å². The third kappa shape index (κ3) is 1.88. The van der Waals surface area contributed by atoms with E-state index in [-0.39, 0.29) is 5.91 Å². The van der Waals surface area contributed by atoms with E-state index in [4.69, 9.17) is 0 Å². The fourth-order valence-electron chi connectivity index (χ4n) is 1.62. The Morgan fingerprint density at radius 3 is 2.53 bits per heavy atom. The van der Waals surface area contributed by atoms with Crippen molar-refractivity contribution in [1.82, 2.24) is 0 Å². The monoisotopic (exact) mass is 275 g/mol. The van der Waals surface area contributed by atoms with Crippen LogP contribution < -0.4 is 4.90 Å². The summed E-state index contributed by atoms with van der Waals surface area (Å²) in [4.78, 5) is 12.9. The van der Waals surface area contributed by atoms with Gasteiger partial charge in [-0.05, 0) is 28.4 Å². The molecule has 2 rings (SSSR count). The highest BCUT2D eigenvalue weighted by Gasteiger charge is 2.24. The van der Waals surface area contributed by atoms with Gasteiger partial charge < -0.3 is 4.90 Å². The van der Waals surface area contributed by atoms with Crippen molar-refractivity contribution >= 4 is 27.5 Å². The molecule has 0 radical (unpaired) electrons. The predicted octanol–water partition coefficient (Wildman–Crippen LogP) is 2.85. The van der Waals surface area contributed by atoms with E-state index in [2.05, 4.69) is 15.9 Å². The van der Waals surface area contributed by atoms with E-state index in [0.717, 1.165) is 18.6 Å². The Morgan fingerprint density at radius 2 is 1.93 bits per heavy atom. The van der Waals surface area contributed by atoms with E-state index in [1.165, 1.54) is 4.90 Å². The molecule has 80 valence electrons. The molecule has 0 saturated carbocycles. The van der Waals surface area contributed by atoms with Crippen LogP contribution in [0.4, 0.5) is 14.5 Å². The molecular formula is C10H8BrF2NO. The predicted molar refractivity (Wildman–Crippen MR) is 55.6 cm³/mol. The molecule has 1 aliphatic rings. The van der Waals surface area contributed by atoms with Gasteiger partial charge in [-0.3, -0.25) is 4.79 Å². The number of benzene rings is 1. The minimum Gasteiger partial charge on any atom is -0.311 e. The van der Waals surface area contributed by atoms with Gasteiger partial charge in [-0.1, -0.05) is 0 Å². The summed E-state index contributed by atoms with van der Waals surface area (Å²) in [7, 11) is 0. The molecule has 0 aromatic heterocycles. The van der Waals surface area contributed by atoms with Crippen molar-refractivity contribution in [3.8, 4) is 0 Å². The fraction of sp³-hybridized carbons (Fsp3) is 0.300. The molecule has 1 fully saturated rings. The molecule has 1 heterocycles. The normalized spacial score (nSPS) is 16.2. The van der Waals surface area contributed by atoms with Gasteiger partial charge in [-0.15, -0.1) is 0 Å². The first-order chi connectivity index (χ1) is 7.09. The second-order valence-electron chi connectivity index (χ2n) is 3.37. The van der Waals surface area contributed by atoms with Crippen LogP contribution in [-0.4, -0.2) is 12.5 Å². The van der Waals surface area contributed by atoms with Gasteiger partial charge in [0.05, 0.1) is 5.69 Å². The smallest absolute Gasteiger partial charge is 0.227 e. The van der Waals surface area contributed by atoms with E-state index >= 15 is 0 Å². The first kappa shape index (κ1) is 10.5. The standard InChI is InChI=1S/C10H8BrF2NO/c11-6-4-7(12)8(13)5-9(6)14-3-1-2-10(14)15/h4-5H,1-3H2. The Bertz CT molecular complexity index is 422. The number of anilines is 1. The highest BCUT2D eigenvalue weighted by molar-refractivity contribution is 9.10. The number of halogens is 3. The summed E-state index contributed by atoms with van der Waals surface area (Å²) in [6.07, 6.45) is 1.22. The van der Waals surface area contributed by atoms with Crippen molar-refractivity contribution in [2.24, 2.45) is 0 Å². The molecule has 0 spiro atoms. The molecule has 0 unspecified atom stereocenters. The van der Waals surface area contributed by atoms with Crippen molar-refractivity contribution in [2.75, 3.05) is 11.4 Å². The van der Waals surface area contributed by atoms with Crippen LogP contribution >= 0.6 is 15.9 Å². The first-order valence-electron chi connectivity index (χ1n) is 4.54. The lowest BCUT2D eigenvalue weighted by atomic mass is 10.3. The number of carbonyl (C=O) groups is 1. The van der Waals surface area contributed by atoms with Crippen LogP contribution in [0.25, 0.3) is 0 Å². The number of hydrogen-bond donors (Lipinski definition) is 0. The average molecular weight is 276 g/mol. The van der Waals surface area contributed by atoms with E-state index in [0.29, 0.717) is 23.1 Å². The van der Waals surface area contributed by atoms with Gasteiger partial charge in [0.1, 0.15) is 0 Å². The van der Waals surface area contributed by atoms with Gasteiger partial charge in [-0.2, -0.15) is 0 Å². The molecule has 2 nitrogen and oxygen atoms in total. The highest BCUT2D eigenvalue weighted by Crippen LogP contribution is 2.31. The Labute approximate surface area is 94.0 Å². The van der Waals surface area contributed by atoms with Crippen LogP contribution in [0, 0.1) is 11.6 Å². The zero-order valence-electron chi connectivity index (χ0n) is 7.77. The maximum atomic E-state index is 13.0. The zero-order chi connectivity index (χ0) is 11.0. The lowest BCUT2D eigenvalue weighted by Gasteiger charge is -2.17. The topological polar surface area (TPSA) is 20.3 Å². The highest BCUT2D eigenvalue weighted by atomic mass is 79.9. The van der Waals surface area contributed by atoms with Gasteiger partial charge in [0.15, 0.2) is 11.6 Å². The number of rotatable bonds is 1. The first-order valence-corrected chi connectivity index (χ1v) is 5.34. The van der Waals surface area contributed by atoms with Crippen LogP contribution in [0.15, 0.2) is 16.6 Å². The molecule has 0 bridgehead atoms. The summed E-state index contributed by atoms with van der Waals surface area (Å²) in [6.45, 7) is 0.558. The average Bonchev–Trinajstić information content (AvgIpc) is 2.58. The van der Waals surface area contributed by atoms with E-state index < -0.39 is 11.6 Å². The number of amides is 1. The minimum atomic E-state index is -0.937. The summed E-state index contributed by atoms with van der Waals surface area (Å²) >= 11 is 3.12.